The molecule has 1 fully saturated rings. The number of ether oxygens (including phenoxy) is 1. The standard InChI is InChI=1S/C26H37NO2/c1-25(2)16-11-17-26(3,4)27(25)18-23(28)19-29-20-24(21-12-7-5-8-13-21)22-14-9-6-10-15-22/h5-10,12-15,23-24,28H,11,16-20H2,1-4H3/t23-/m0/s1. The van der Waals surface area contributed by atoms with Gasteiger partial charge in [0.15, 0.2) is 0 Å². The molecule has 1 aliphatic rings. The Balaban J connectivity index is 1.61. The summed E-state index contributed by atoms with van der Waals surface area (Å²) in [7, 11) is 0. The third-order valence-electron chi connectivity index (χ3n) is 6.43. The van der Waals surface area contributed by atoms with Gasteiger partial charge in [0.25, 0.3) is 0 Å². The zero-order chi connectivity index (χ0) is 20.9. The lowest BCUT2D eigenvalue weighted by Crippen LogP contribution is -2.60. The maximum Gasteiger partial charge on any atom is 0.0900 e. The van der Waals surface area contributed by atoms with Crippen molar-refractivity contribution >= 4 is 0 Å². The van der Waals surface area contributed by atoms with E-state index < -0.39 is 6.10 Å². The summed E-state index contributed by atoms with van der Waals surface area (Å²) >= 11 is 0. The quantitative estimate of drug-likeness (QED) is 0.663. The molecule has 1 saturated heterocycles. The number of aliphatic hydroxyl groups excluding tert-OH is 1. The van der Waals surface area contributed by atoms with E-state index in [4.69, 9.17) is 4.74 Å². The molecule has 0 spiro atoms. The van der Waals surface area contributed by atoms with Crippen molar-refractivity contribution in [1.82, 2.24) is 4.90 Å². The van der Waals surface area contributed by atoms with Gasteiger partial charge in [0.1, 0.15) is 0 Å². The summed E-state index contributed by atoms with van der Waals surface area (Å²) < 4.78 is 6.07. The smallest absolute Gasteiger partial charge is 0.0900 e. The summed E-state index contributed by atoms with van der Waals surface area (Å²) in [5.74, 6) is 0.174. The normalized spacial score (nSPS) is 19.9. The van der Waals surface area contributed by atoms with Crippen LogP contribution in [-0.2, 0) is 4.74 Å². The van der Waals surface area contributed by atoms with Gasteiger partial charge in [-0.05, 0) is 58.1 Å². The van der Waals surface area contributed by atoms with Gasteiger partial charge in [-0.2, -0.15) is 0 Å². The van der Waals surface area contributed by atoms with Gasteiger partial charge < -0.3 is 9.84 Å². The Labute approximate surface area is 176 Å². The molecular weight excluding hydrogens is 358 g/mol. The van der Waals surface area contributed by atoms with E-state index >= 15 is 0 Å². The topological polar surface area (TPSA) is 32.7 Å². The molecule has 0 unspecified atom stereocenters. The molecule has 0 aliphatic carbocycles. The Bertz CT molecular complexity index is 686. The summed E-state index contributed by atoms with van der Waals surface area (Å²) in [4.78, 5) is 2.48. The molecule has 0 aromatic heterocycles. The number of piperidine rings is 1. The van der Waals surface area contributed by atoms with Gasteiger partial charge >= 0.3 is 0 Å². The number of hydrogen-bond donors (Lipinski definition) is 1. The molecule has 3 heteroatoms. The van der Waals surface area contributed by atoms with Crippen molar-refractivity contribution in [3.8, 4) is 0 Å². The summed E-state index contributed by atoms with van der Waals surface area (Å²) in [5.41, 5.74) is 2.71. The predicted octanol–water partition coefficient (Wildman–Crippen LogP) is 5.24. The highest BCUT2D eigenvalue weighted by molar-refractivity contribution is 5.32. The average molecular weight is 396 g/mol. The minimum atomic E-state index is -0.487. The molecule has 1 heterocycles. The summed E-state index contributed by atoms with van der Waals surface area (Å²) in [6, 6.07) is 21.0. The predicted molar refractivity (Wildman–Crippen MR) is 120 cm³/mol. The molecule has 1 aliphatic heterocycles. The molecule has 1 atom stereocenters. The van der Waals surface area contributed by atoms with Crippen molar-refractivity contribution < 1.29 is 9.84 Å². The highest BCUT2D eigenvalue weighted by atomic mass is 16.5. The Hall–Kier alpha value is -1.68. The van der Waals surface area contributed by atoms with Crippen LogP contribution < -0.4 is 0 Å². The second-order valence-corrected chi connectivity index (χ2v) is 9.65. The van der Waals surface area contributed by atoms with E-state index in [2.05, 4.69) is 81.1 Å². The largest absolute Gasteiger partial charge is 0.389 e. The fourth-order valence-corrected chi connectivity index (χ4v) is 4.88. The Morgan fingerprint density at radius 3 is 1.79 bits per heavy atom. The highest BCUT2D eigenvalue weighted by Gasteiger charge is 2.41. The van der Waals surface area contributed by atoms with Gasteiger partial charge in [-0.15, -0.1) is 0 Å². The summed E-state index contributed by atoms with van der Waals surface area (Å²) in [6.07, 6.45) is 3.11. The number of aliphatic hydroxyl groups is 1. The van der Waals surface area contributed by atoms with Crippen LogP contribution in [0.1, 0.15) is 64.0 Å². The maximum absolute atomic E-state index is 10.8. The van der Waals surface area contributed by atoms with Crippen LogP contribution in [0.25, 0.3) is 0 Å². The van der Waals surface area contributed by atoms with E-state index in [1.807, 2.05) is 12.1 Å². The highest BCUT2D eigenvalue weighted by Crippen LogP contribution is 2.38. The Morgan fingerprint density at radius 2 is 1.31 bits per heavy atom. The number of β-amino-alcohol motifs (C(OH)–C–C–N with tert-alkyl or cyclic N) is 1. The lowest BCUT2D eigenvalue weighted by atomic mass is 9.79. The first-order valence-electron chi connectivity index (χ1n) is 10.9. The van der Waals surface area contributed by atoms with Crippen LogP contribution in [-0.4, -0.2) is 46.9 Å². The molecule has 0 bridgehead atoms. The van der Waals surface area contributed by atoms with Crippen LogP contribution >= 0.6 is 0 Å². The van der Waals surface area contributed by atoms with E-state index in [-0.39, 0.29) is 17.0 Å². The molecule has 158 valence electrons. The first-order chi connectivity index (χ1) is 13.8. The number of nitrogens with zero attached hydrogens (tertiary/aromatic N) is 1. The van der Waals surface area contributed by atoms with Crippen LogP contribution in [0.3, 0.4) is 0 Å². The minimum absolute atomic E-state index is 0.110. The lowest BCUT2D eigenvalue weighted by molar-refractivity contribution is -0.0702. The maximum atomic E-state index is 10.8. The van der Waals surface area contributed by atoms with Crippen molar-refractivity contribution in [2.45, 2.75) is 70.1 Å². The lowest BCUT2D eigenvalue weighted by Gasteiger charge is -2.53. The molecule has 1 N–H and O–H groups in total. The van der Waals surface area contributed by atoms with Gasteiger partial charge in [-0.3, -0.25) is 4.90 Å². The third-order valence-corrected chi connectivity index (χ3v) is 6.43. The molecule has 29 heavy (non-hydrogen) atoms. The number of likely N-dealkylation sites (tertiary alicyclic amines) is 1. The van der Waals surface area contributed by atoms with Crippen molar-refractivity contribution in [3.05, 3.63) is 71.8 Å². The van der Waals surface area contributed by atoms with Crippen LogP contribution in [0.15, 0.2) is 60.7 Å². The first-order valence-corrected chi connectivity index (χ1v) is 10.9. The second-order valence-electron chi connectivity index (χ2n) is 9.65. The zero-order valence-corrected chi connectivity index (χ0v) is 18.5. The van der Waals surface area contributed by atoms with Gasteiger partial charge in [0.05, 0.1) is 19.3 Å². The fourth-order valence-electron chi connectivity index (χ4n) is 4.88. The molecular formula is C26H37NO2. The molecule has 0 saturated carbocycles. The van der Waals surface area contributed by atoms with Crippen LogP contribution in [0.2, 0.25) is 0 Å². The number of rotatable bonds is 8. The van der Waals surface area contributed by atoms with E-state index in [9.17, 15) is 5.11 Å². The average Bonchev–Trinajstić information content (AvgIpc) is 2.69. The van der Waals surface area contributed by atoms with E-state index in [1.165, 1.54) is 30.4 Å². The Morgan fingerprint density at radius 1 is 0.828 bits per heavy atom. The van der Waals surface area contributed by atoms with Crippen molar-refractivity contribution in [3.63, 3.8) is 0 Å². The van der Waals surface area contributed by atoms with Gasteiger partial charge in [0, 0.05) is 23.5 Å². The van der Waals surface area contributed by atoms with Crippen molar-refractivity contribution in [1.29, 1.82) is 0 Å². The molecule has 0 amide bonds. The van der Waals surface area contributed by atoms with E-state index in [0.717, 1.165) is 0 Å². The minimum Gasteiger partial charge on any atom is -0.389 e. The number of benzene rings is 2. The molecule has 3 nitrogen and oxygen atoms in total. The van der Waals surface area contributed by atoms with Crippen LogP contribution in [0.5, 0.6) is 0 Å². The van der Waals surface area contributed by atoms with Crippen molar-refractivity contribution in [2.24, 2.45) is 0 Å². The Kier molecular flexibility index (Phi) is 7.15. The van der Waals surface area contributed by atoms with Crippen molar-refractivity contribution in [2.75, 3.05) is 19.8 Å². The first kappa shape index (κ1) is 22.0. The monoisotopic (exact) mass is 395 g/mol. The number of hydrogen-bond acceptors (Lipinski definition) is 3. The van der Waals surface area contributed by atoms with Crippen LogP contribution in [0.4, 0.5) is 0 Å². The van der Waals surface area contributed by atoms with Gasteiger partial charge in [0.2, 0.25) is 0 Å². The zero-order valence-electron chi connectivity index (χ0n) is 18.5. The third kappa shape index (κ3) is 5.69. The summed E-state index contributed by atoms with van der Waals surface area (Å²) in [5, 5.41) is 10.8. The molecule has 3 rings (SSSR count). The van der Waals surface area contributed by atoms with Crippen LogP contribution in [0, 0.1) is 0 Å². The summed E-state index contributed by atoms with van der Waals surface area (Å²) in [6.45, 7) is 10.8. The molecule has 0 radical (unpaired) electrons. The molecule has 2 aromatic rings. The SMILES string of the molecule is CC1(C)CCCC(C)(C)N1C[C@H](O)COCC(c1ccccc1)c1ccccc1. The van der Waals surface area contributed by atoms with Gasteiger partial charge in [-0.1, -0.05) is 60.7 Å². The fraction of sp³-hybridized carbons (Fsp3) is 0.538. The second kappa shape index (κ2) is 9.42. The van der Waals surface area contributed by atoms with E-state index in [0.29, 0.717) is 19.8 Å². The molecule has 2 aromatic carbocycles. The van der Waals surface area contributed by atoms with Gasteiger partial charge in [-0.25, -0.2) is 0 Å². The van der Waals surface area contributed by atoms with E-state index in [1.54, 1.807) is 0 Å².